The molecule has 13 heavy (non-hydrogen) atoms. The Morgan fingerprint density at radius 1 is 1.23 bits per heavy atom. The van der Waals surface area contributed by atoms with Crippen LogP contribution in [0.1, 0.15) is 12.0 Å². The summed E-state index contributed by atoms with van der Waals surface area (Å²) < 4.78 is 5.33. The van der Waals surface area contributed by atoms with Crippen LogP contribution in [0.2, 0.25) is 0 Å². The van der Waals surface area contributed by atoms with Crippen LogP contribution < -0.4 is 0 Å². The van der Waals surface area contributed by atoms with Gasteiger partial charge in [0.25, 0.3) is 0 Å². The Morgan fingerprint density at radius 3 is 2.69 bits per heavy atom. The molecule has 2 heteroatoms. The van der Waals surface area contributed by atoms with Crippen molar-refractivity contribution in [3.05, 3.63) is 35.9 Å². The van der Waals surface area contributed by atoms with Crippen LogP contribution in [0.5, 0.6) is 0 Å². The quantitative estimate of drug-likeness (QED) is 0.515. The third-order valence-corrected chi connectivity index (χ3v) is 2.30. The largest absolute Gasteiger partial charge is 0.369 e. The molecule has 0 radical (unpaired) electrons. The van der Waals surface area contributed by atoms with E-state index in [9.17, 15) is 4.79 Å². The first kappa shape index (κ1) is 8.45. The molecule has 0 aliphatic carbocycles. The number of aldehydes is 1. The lowest BCUT2D eigenvalue weighted by Crippen LogP contribution is -1.98. The van der Waals surface area contributed by atoms with Crippen molar-refractivity contribution in [2.45, 2.75) is 25.0 Å². The normalized spacial score (nSPS) is 25.5. The molecule has 0 N–H and O–H groups in total. The van der Waals surface area contributed by atoms with Crippen molar-refractivity contribution in [3.8, 4) is 0 Å². The highest BCUT2D eigenvalue weighted by molar-refractivity contribution is 5.51. The average molecular weight is 176 g/mol. The lowest BCUT2D eigenvalue weighted by atomic mass is 10.1. The molecule has 1 heterocycles. The molecule has 0 amide bonds. The minimum Gasteiger partial charge on any atom is -0.369 e. The molecule has 1 aliphatic rings. The molecule has 2 atom stereocenters. The van der Waals surface area contributed by atoms with E-state index in [0.29, 0.717) is 6.42 Å². The number of ether oxygens (including phenoxy) is 1. The van der Waals surface area contributed by atoms with Gasteiger partial charge >= 0.3 is 0 Å². The minimum atomic E-state index is 0.178. The molecule has 1 aromatic rings. The molecule has 0 aromatic heterocycles. The summed E-state index contributed by atoms with van der Waals surface area (Å²) in [5.74, 6) is 0. The smallest absolute Gasteiger partial charge is 0.122 e. The topological polar surface area (TPSA) is 29.6 Å². The van der Waals surface area contributed by atoms with E-state index in [1.165, 1.54) is 5.56 Å². The second kappa shape index (κ2) is 3.71. The van der Waals surface area contributed by atoms with E-state index in [2.05, 4.69) is 12.1 Å². The lowest BCUT2D eigenvalue weighted by molar-refractivity contribution is -0.108. The van der Waals surface area contributed by atoms with E-state index >= 15 is 0 Å². The van der Waals surface area contributed by atoms with Crippen molar-refractivity contribution >= 4 is 6.29 Å². The summed E-state index contributed by atoms with van der Waals surface area (Å²) in [5.41, 5.74) is 1.28. The highest BCUT2D eigenvalue weighted by atomic mass is 16.6. The molecule has 68 valence electrons. The predicted octanol–water partition coefficient (Wildman–Crippen LogP) is 1.59. The molecule has 0 unspecified atom stereocenters. The molecular formula is C11H12O2. The Balaban J connectivity index is 1.84. The maximum atomic E-state index is 10.2. The van der Waals surface area contributed by atoms with E-state index in [-0.39, 0.29) is 12.2 Å². The summed E-state index contributed by atoms with van der Waals surface area (Å²) in [4.78, 5) is 10.2. The number of benzene rings is 1. The van der Waals surface area contributed by atoms with Gasteiger partial charge in [0.05, 0.1) is 12.2 Å². The van der Waals surface area contributed by atoms with Crippen LogP contribution in [0.15, 0.2) is 30.3 Å². The van der Waals surface area contributed by atoms with Crippen molar-refractivity contribution in [2.24, 2.45) is 0 Å². The fraction of sp³-hybridized carbons (Fsp3) is 0.364. The molecule has 2 rings (SSSR count). The SMILES string of the molecule is O=CC[C@H]1O[C@H]1Cc1ccccc1. The predicted molar refractivity (Wildman–Crippen MR) is 49.5 cm³/mol. The van der Waals surface area contributed by atoms with Crippen molar-refractivity contribution in [3.63, 3.8) is 0 Å². The van der Waals surface area contributed by atoms with Crippen LogP contribution in [-0.2, 0) is 16.0 Å². The Labute approximate surface area is 77.5 Å². The van der Waals surface area contributed by atoms with Gasteiger partial charge in [-0.1, -0.05) is 30.3 Å². The summed E-state index contributed by atoms with van der Waals surface area (Å²) >= 11 is 0. The Hall–Kier alpha value is -1.15. The van der Waals surface area contributed by atoms with Crippen LogP contribution >= 0.6 is 0 Å². The molecular weight excluding hydrogens is 164 g/mol. The summed E-state index contributed by atoms with van der Waals surface area (Å²) in [5, 5.41) is 0. The van der Waals surface area contributed by atoms with E-state index < -0.39 is 0 Å². The van der Waals surface area contributed by atoms with Gasteiger partial charge in [0.2, 0.25) is 0 Å². The zero-order chi connectivity index (χ0) is 9.10. The fourth-order valence-corrected chi connectivity index (χ4v) is 1.51. The Kier molecular flexibility index (Phi) is 2.41. The Morgan fingerprint density at radius 2 is 2.00 bits per heavy atom. The number of rotatable bonds is 4. The van der Waals surface area contributed by atoms with Crippen LogP contribution in [0.25, 0.3) is 0 Å². The standard InChI is InChI=1S/C11H12O2/c12-7-6-10-11(13-10)8-9-4-2-1-3-5-9/h1-5,7,10-11H,6,8H2/t10-,11+/m1/s1. The van der Waals surface area contributed by atoms with Crippen LogP contribution in [0.3, 0.4) is 0 Å². The molecule has 2 nitrogen and oxygen atoms in total. The van der Waals surface area contributed by atoms with Gasteiger partial charge in [0.1, 0.15) is 6.29 Å². The lowest BCUT2D eigenvalue weighted by Gasteiger charge is -1.95. The zero-order valence-corrected chi connectivity index (χ0v) is 7.35. The van der Waals surface area contributed by atoms with Gasteiger partial charge in [-0.15, -0.1) is 0 Å². The van der Waals surface area contributed by atoms with E-state index in [0.717, 1.165) is 12.7 Å². The summed E-state index contributed by atoms with van der Waals surface area (Å²) in [6, 6.07) is 10.2. The van der Waals surface area contributed by atoms with Gasteiger partial charge in [-0.25, -0.2) is 0 Å². The van der Waals surface area contributed by atoms with Gasteiger partial charge in [-0.2, -0.15) is 0 Å². The maximum absolute atomic E-state index is 10.2. The van der Waals surface area contributed by atoms with Gasteiger partial charge in [-0.05, 0) is 5.56 Å². The number of epoxide rings is 1. The summed E-state index contributed by atoms with van der Waals surface area (Å²) in [7, 11) is 0. The van der Waals surface area contributed by atoms with E-state index in [1.807, 2.05) is 18.2 Å². The molecule has 0 spiro atoms. The highest BCUT2D eigenvalue weighted by Crippen LogP contribution is 2.27. The number of carbonyl (C=O) groups is 1. The van der Waals surface area contributed by atoms with Gasteiger partial charge in [-0.3, -0.25) is 0 Å². The van der Waals surface area contributed by atoms with Crippen LogP contribution in [0.4, 0.5) is 0 Å². The Bertz CT molecular complexity index is 281. The maximum Gasteiger partial charge on any atom is 0.122 e. The van der Waals surface area contributed by atoms with Crippen molar-refractivity contribution in [1.82, 2.24) is 0 Å². The van der Waals surface area contributed by atoms with Gasteiger partial charge in [0, 0.05) is 12.8 Å². The molecule has 1 aliphatic heterocycles. The average Bonchev–Trinajstić information content (AvgIpc) is 2.86. The monoisotopic (exact) mass is 176 g/mol. The summed E-state index contributed by atoms with van der Waals surface area (Å²) in [6.07, 6.45) is 2.84. The second-order valence-corrected chi connectivity index (χ2v) is 3.31. The number of hydrogen-bond acceptors (Lipinski definition) is 2. The van der Waals surface area contributed by atoms with Crippen LogP contribution in [-0.4, -0.2) is 18.5 Å². The molecule has 0 saturated carbocycles. The van der Waals surface area contributed by atoms with Gasteiger partial charge < -0.3 is 9.53 Å². The molecule has 1 aromatic carbocycles. The molecule has 1 fully saturated rings. The van der Waals surface area contributed by atoms with Crippen molar-refractivity contribution < 1.29 is 9.53 Å². The third-order valence-electron chi connectivity index (χ3n) is 2.30. The van der Waals surface area contributed by atoms with Crippen LogP contribution in [0, 0.1) is 0 Å². The first-order valence-corrected chi connectivity index (χ1v) is 4.53. The first-order chi connectivity index (χ1) is 6.40. The summed E-state index contributed by atoms with van der Waals surface area (Å²) in [6.45, 7) is 0. The third kappa shape index (κ3) is 2.16. The number of hydrogen-bond donors (Lipinski definition) is 0. The minimum absolute atomic E-state index is 0.178. The van der Waals surface area contributed by atoms with E-state index in [4.69, 9.17) is 4.74 Å². The fourth-order valence-electron chi connectivity index (χ4n) is 1.51. The molecule has 0 bridgehead atoms. The van der Waals surface area contributed by atoms with Crippen molar-refractivity contribution in [2.75, 3.05) is 0 Å². The second-order valence-electron chi connectivity index (χ2n) is 3.31. The number of carbonyl (C=O) groups excluding carboxylic acids is 1. The van der Waals surface area contributed by atoms with E-state index in [1.54, 1.807) is 0 Å². The van der Waals surface area contributed by atoms with Crippen molar-refractivity contribution in [1.29, 1.82) is 0 Å². The first-order valence-electron chi connectivity index (χ1n) is 4.53. The van der Waals surface area contributed by atoms with Gasteiger partial charge in [0.15, 0.2) is 0 Å². The highest BCUT2D eigenvalue weighted by Gasteiger charge is 2.37. The zero-order valence-electron chi connectivity index (χ0n) is 7.35. The molecule has 1 saturated heterocycles.